The van der Waals surface area contributed by atoms with Crippen molar-refractivity contribution in [2.24, 2.45) is 0 Å². The minimum atomic E-state index is -0.770. The summed E-state index contributed by atoms with van der Waals surface area (Å²) < 4.78 is 15.7. The molecule has 0 spiro atoms. The van der Waals surface area contributed by atoms with E-state index in [1.165, 1.54) is 37.0 Å². The number of nitrogens with zero attached hydrogens (tertiary/aromatic N) is 1. The van der Waals surface area contributed by atoms with Crippen LogP contribution in [0.25, 0.3) is 0 Å². The van der Waals surface area contributed by atoms with E-state index < -0.39 is 18.6 Å². The number of esters is 1. The molecule has 0 unspecified atom stereocenters. The van der Waals surface area contributed by atoms with Crippen LogP contribution in [0.4, 0.5) is 0 Å². The number of ketones is 1. The summed E-state index contributed by atoms with van der Waals surface area (Å²) in [5, 5.41) is -0.389. The fraction of sp³-hybridized carbons (Fsp3) is 0.316. The van der Waals surface area contributed by atoms with E-state index in [4.69, 9.17) is 13.9 Å². The van der Waals surface area contributed by atoms with Gasteiger partial charge in [-0.15, -0.1) is 11.8 Å². The molecule has 2 aromatic rings. The molecule has 1 aromatic heterocycles. The number of benzene rings is 1. The average Bonchev–Trinajstić information content (AvgIpc) is 3.34. The summed E-state index contributed by atoms with van der Waals surface area (Å²) in [7, 11) is 1.47. The zero-order valence-corrected chi connectivity index (χ0v) is 15.7. The first-order valence-corrected chi connectivity index (χ1v) is 9.34. The predicted octanol–water partition coefficient (Wildman–Crippen LogP) is 2.68. The van der Waals surface area contributed by atoms with Gasteiger partial charge in [0.05, 0.1) is 18.9 Å². The van der Waals surface area contributed by atoms with Crippen LogP contribution in [0.1, 0.15) is 28.4 Å². The second-order valence-corrected chi connectivity index (χ2v) is 6.99. The van der Waals surface area contributed by atoms with Gasteiger partial charge in [0.2, 0.25) is 11.7 Å². The van der Waals surface area contributed by atoms with Crippen LogP contribution in [0.15, 0.2) is 47.1 Å². The van der Waals surface area contributed by atoms with Crippen molar-refractivity contribution in [2.75, 3.05) is 19.5 Å². The lowest BCUT2D eigenvalue weighted by Gasteiger charge is -2.25. The minimum Gasteiger partial charge on any atom is -0.496 e. The maximum Gasteiger partial charge on any atom is 0.330 e. The third kappa shape index (κ3) is 4.00. The van der Waals surface area contributed by atoms with Gasteiger partial charge in [-0.05, 0) is 24.3 Å². The molecule has 2 heterocycles. The largest absolute Gasteiger partial charge is 0.496 e. The molecule has 1 aliphatic rings. The fourth-order valence-corrected chi connectivity index (χ4v) is 4.32. The molecular weight excluding hydrogens is 370 g/mol. The predicted molar refractivity (Wildman–Crippen MR) is 98.5 cm³/mol. The summed E-state index contributed by atoms with van der Waals surface area (Å²) in [4.78, 5) is 38.4. The average molecular weight is 389 g/mol. The van der Waals surface area contributed by atoms with Gasteiger partial charge in [-0.25, -0.2) is 4.79 Å². The number of hydrogen-bond acceptors (Lipinski definition) is 7. The number of rotatable bonds is 6. The maximum absolute atomic E-state index is 12.5. The quantitative estimate of drug-likeness (QED) is 0.554. The highest BCUT2D eigenvalue weighted by atomic mass is 32.2. The number of carbonyl (C=O) groups is 3. The molecule has 0 aliphatic carbocycles. The number of carbonyl (C=O) groups excluding carboxylic acids is 3. The molecule has 0 radical (unpaired) electrons. The van der Waals surface area contributed by atoms with Gasteiger partial charge in [-0.1, -0.05) is 12.1 Å². The summed E-state index contributed by atoms with van der Waals surface area (Å²) in [5.41, 5.74) is 0.338. The second kappa shape index (κ2) is 8.30. The van der Waals surface area contributed by atoms with E-state index in [0.29, 0.717) is 22.8 Å². The number of para-hydroxylation sites is 1. The first-order chi connectivity index (χ1) is 13.0. The Kier molecular flexibility index (Phi) is 5.85. The van der Waals surface area contributed by atoms with Crippen molar-refractivity contribution in [3.05, 3.63) is 54.0 Å². The smallest absolute Gasteiger partial charge is 0.330 e. The normalized spacial score (nSPS) is 19.0. The SMILES string of the molecule is COc1ccccc1C(=O)COC(=O)[C@H]1CS[C@@H](c2ccco2)N1C(C)=O. The Balaban J connectivity index is 1.67. The molecule has 1 aromatic carbocycles. The van der Waals surface area contributed by atoms with E-state index in [0.717, 1.165) is 0 Å². The lowest BCUT2D eigenvalue weighted by atomic mass is 10.1. The molecule has 3 rings (SSSR count). The number of furan rings is 1. The first-order valence-electron chi connectivity index (χ1n) is 8.29. The van der Waals surface area contributed by atoms with Gasteiger partial charge < -0.3 is 18.8 Å². The van der Waals surface area contributed by atoms with Crippen LogP contribution in [0, 0.1) is 0 Å². The van der Waals surface area contributed by atoms with Crippen molar-refractivity contribution >= 4 is 29.4 Å². The molecule has 2 atom stereocenters. The Morgan fingerprint density at radius 3 is 2.67 bits per heavy atom. The molecule has 0 bridgehead atoms. The first kappa shape index (κ1) is 19.0. The van der Waals surface area contributed by atoms with E-state index in [1.807, 2.05) is 0 Å². The van der Waals surface area contributed by atoms with Crippen molar-refractivity contribution in [3.63, 3.8) is 0 Å². The molecule has 8 heteroatoms. The van der Waals surface area contributed by atoms with Crippen LogP contribution in [0.5, 0.6) is 5.75 Å². The second-order valence-electron chi connectivity index (χ2n) is 5.87. The Morgan fingerprint density at radius 1 is 1.22 bits per heavy atom. The summed E-state index contributed by atoms with van der Waals surface area (Å²) in [6.07, 6.45) is 1.52. The van der Waals surface area contributed by atoms with Crippen LogP contribution in [-0.4, -0.2) is 48.1 Å². The van der Waals surface area contributed by atoms with Crippen molar-refractivity contribution in [1.82, 2.24) is 4.90 Å². The Labute approximate surface area is 160 Å². The standard InChI is InChI=1S/C19H19NO6S/c1-12(21)20-14(11-27-18(20)17-8-5-9-25-17)19(23)26-10-15(22)13-6-3-4-7-16(13)24-2/h3-9,14,18H,10-11H2,1-2H3/t14-,18+/m1/s1. The van der Waals surface area contributed by atoms with Gasteiger partial charge >= 0.3 is 5.97 Å². The van der Waals surface area contributed by atoms with Gasteiger partial charge in [-0.3, -0.25) is 9.59 Å². The van der Waals surface area contributed by atoms with Gasteiger partial charge in [0.25, 0.3) is 0 Å². The summed E-state index contributed by atoms with van der Waals surface area (Å²) in [6.45, 7) is 0.972. The topological polar surface area (TPSA) is 86.1 Å². The third-order valence-corrected chi connectivity index (χ3v) is 5.46. The third-order valence-electron chi connectivity index (χ3n) is 4.18. The number of Topliss-reactive ketones (excluding diaryl/α,β-unsaturated/α-hetero) is 1. The Bertz CT molecular complexity index is 834. The van der Waals surface area contributed by atoms with Crippen LogP contribution in [-0.2, 0) is 14.3 Å². The van der Waals surface area contributed by atoms with Crippen LogP contribution < -0.4 is 4.74 Å². The molecule has 0 saturated carbocycles. The number of methoxy groups -OCH3 is 1. The van der Waals surface area contributed by atoms with Crippen LogP contribution in [0.3, 0.4) is 0 Å². The number of ether oxygens (including phenoxy) is 2. The number of hydrogen-bond donors (Lipinski definition) is 0. The molecule has 1 saturated heterocycles. The van der Waals surface area contributed by atoms with Gasteiger partial charge in [0.15, 0.2) is 6.61 Å². The zero-order valence-electron chi connectivity index (χ0n) is 14.9. The van der Waals surface area contributed by atoms with E-state index >= 15 is 0 Å². The molecule has 1 aliphatic heterocycles. The molecule has 27 heavy (non-hydrogen) atoms. The Hall–Kier alpha value is -2.74. The lowest BCUT2D eigenvalue weighted by molar-refractivity contribution is -0.152. The van der Waals surface area contributed by atoms with E-state index in [-0.39, 0.29) is 17.1 Å². The van der Waals surface area contributed by atoms with E-state index in [9.17, 15) is 14.4 Å². The van der Waals surface area contributed by atoms with Crippen LogP contribution >= 0.6 is 11.8 Å². The molecule has 142 valence electrons. The maximum atomic E-state index is 12.5. The van der Waals surface area contributed by atoms with Crippen molar-refractivity contribution < 1.29 is 28.3 Å². The zero-order chi connectivity index (χ0) is 19.4. The Morgan fingerprint density at radius 2 is 2.00 bits per heavy atom. The van der Waals surface area contributed by atoms with Gasteiger partial charge in [0.1, 0.15) is 22.9 Å². The molecule has 7 nitrogen and oxygen atoms in total. The van der Waals surface area contributed by atoms with Gasteiger partial charge in [-0.2, -0.15) is 0 Å². The van der Waals surface area contributed by atoms with Crippen molar-refractivity contribution in [1.29, 1.82) is 0 Å². The van der Waals surface area contributed by atoms with Crippen LogP contribution in [0.2, 0.25) is 0 Å². The fourth-order valence-electron chi connectivity index (χ4n) is 2.91. The monoisotopic (exact) mass is 389 g/mol. The molecule has 0 N–H and O–H groups in total. The molecular formula is C19H19NO6S. The molecule has 1 fully saturated rings. The van der Waals surface area contributed by atoms with Crippen molar-refractivity contribution in [3.8, 4) is 5.75 Å². The van der Waals surface area contributed by atoms with Gasteiger partial charge in [0, 0.05) is 12.7 Å². The highest BCUT2D eigenvalue weighted by Gasteiger charge is 2.43. The highest BCUT2D eigenvalue weighted by molar-refractivity contribution is 7.99. The molecule has 1 amide bonds. The number of thioether (sulfide) groups is 1. The lowest BCUT2D eigenvalue weighted by Crippen LogP contribution is -2.43. The van der Waals surface area contributed by atoms with E-state index in [2.05, 4.69) is 0 Å². The summed E-state index contributed by atoms with van der Waals surface area (Å²) in [5.74, 6) is 0.124. The highest BCUT2D eigenvalue weighted by Crippen LogP contribution is 2.41. The van der Waals surface area contributed by atoms with Crippen molar-refractivity contribution in [2.45, 2.75) is 18.3 Å². The summed E-state index contributed by atoms with van der Waals surface area (Å²) in [6, 6.07) is 9.43. The minimum absolute atomic E-state index is 0.264. The number of amides is 1. The summed E-state index contributed by atoms with van der Waals surface area (Å²) >= 11 is 1.42. The van der Waals surface area contributed by atoms with E-state index in [1.54, 1.807) is 36.4 Å².